The molecule has 0 saturated carbocycles. The minimum absolute atomic E-state index is 0.480. The molecule has 3 heterocycles. The first kappa shape index (κ1) is 29.5. The van der Waals surface area contributed by atoms with Gasteiger partial charge in [0.25, 0.3) is 0 Å². The second-order valence-corrected chi connectivity index (χ2v) is 14.6. The van der Waals surface area contributed by atoms with Gasteiger partial charge in [-0.2, -0.15) is 5.26 Å². The van der Waals surface area contributed by atoms with E-state index in [1.165, 1.54) is 20.2 Å². The van der Waals surface area contributed by atoms with E-state index in [1.54, 1.807) is 11.3 Å². The Morgan fingerprint density at radius 3 is 2.06 bits per heavy atom. The van der Waals surface area contributed by atoms with E-state index in [0.717, 1.165) is 65.5 Å². The Labute approximate surface area is 308 Å². The first-order valence-corrected chi connectivity index (χ1v) is 18.3. The standard InChI is InChI=1S/C48H26N4S/c1-50-39-27-43(51-41-21-20-31(29-11-3-2-4-12-29)23-38(41)48-33-14-6-5-13-30(33)19-22-42(48)51)32(28-49)24-45(39)52-40-17-9-7-15-34(40)36-26-47-37(25-44(36)52)35-16-8-10-18-46(35)53-47/h2-27H. The number of aromatic nitrogens is 2. The van der Waals surface area contributed by atoms with Gasteiger partial charge < -0.3 is 9.13 Å². The number of benzene rings is 8. The van der Waals surface area contributed by atoms with Crippen LogP contribution in [0.5, 0.6) is 0 Å². The third-order valence-electron chi connectivity index (χ3n) is 10.7. The van der Waals surface area contributed by atoms with E-state index in [0.29, 0.717) is 22.6 Å². The normalized spacial score (nSPS) is 11.7. The van der Waals surface area contributed by atoms with Gasteiger partial charge in [0.05, 0.1) is 45.6 Å². The zero-order chi connectivity index (χ0) is 35.2. The van der Waals surface area contributed by atoms with Crippen molar-refractivity contribution < 1.29 is 0 Å². The average molecular weight is 691 g/mol. The summed E-state index contributed by atoms with van der Waals surface area (Å²) in [5.74, 6) is 0. The number of nitrogens with zero attached hydrogens (tertiary/aromatic N) is 4. The van der Waals surface area contributed by atoms with E-state index in [1.807, 2.05) is 24.3 Å². The molecule has 3 aromatic heterocycles. The predicted molar refractivity (Wildman–Crippen MR) is 222 cm³/mol. The maximum Gasteiger partial charge on any atom is 0.212 e. The lowest BCUT2D eigenvalue weighted by molar-refractivity contribution is 1.14. The van der Waals surface area contributed by atoms with Crippen LogP contribution in [0.25, 0.3) is 102 Å². The van der Waals surface area contributed by atoms with Gasteiger partial charge in [0.2, 0.25) is 5.69 Å². The summed E-state index contributed by atoms with van der Waals surface area (Å²) >= 11 is 1.80. The Morgan fingerprint density at radius 2 is 1.21 bits per heavy atom. The summed E-state index contributed by atoms with van der Waals surface area (Å²) in [4.78, 5) is 4.16. The molecule has 11 rings (SSSR count). The smallest absolute Gasteiger partial charge is 0.212 e. The maximum absolute atomic E-state index is 10.9. The molecule has 0 aliphatic rings. The highest BCUT2D eigenvalue weighted by Crippen LogP contribution is 2.44. The molecule has 0 aliphatic carbocycles. The summed E-state index contributed by atoms with van der Waals surface area (Å²) in [5.41, 5.74) is 8.64. The maximum atomic E-state index is 10.9. The van der Waals surface area contributed by atoms with Gasteiger partial charge in [0.15, 0.2) is 0 Å². The fourth-order valence-corrected chi connectivity index (χ4v) is 9.54. The summed E-state index contributed by atoms with van der Waals surface area (Å²) in [6, 6.07) is 57.6. The number of fused-ring (bicyclic) bond motifs is 11. The molecule has 0 atom stereocenters. The van der Waals surface area contributed by atoms with Crippen LogP contribution in [-0.4, -0.2) is 9.13 Å². The van der Waals surface area contributed by atoms with Crippen LogP contribution in [0.3, 0.4) is 0 Å². The number of hydrogen-bond acceptors (Lipinski definition) is 2. The van der Waals surface area contributed by atoms with Gasteiger partial charge in [-0.25, -0.2) is 4.85 Å². The van der Waals surface area contributed by atoms with Crippen molar-refractivity contribution in [2.45, 2.75) is 0 Å². The monoisotopic (exact) mass is 690 g/mol. The summed E-state index contributed by atoms with van der Waals surface area (Å²) < 4.78 is 6.84. The van der Waals surface area contributed by atoms with Crippen LogP contribution >= 0.6 is 11.3 Å². The Morgan fingerprint density at radius 1 is 0.491 bits per heavy atom. The molecule has 0 N–H and O–H groups in total. The topological polar surface area (TPSA) is 38.0 Å². The van der Waals surface area contributed by atoms with Crippen LogP contribution < -0.4 is 0 Å². The molecule has 0 spiro atoms. The average Bonchev–Trinajstić information content (AvgIpc) is 3.86. The van der Waals surface area contributed by atoms with E-state index >= 15 is 0 Å². The highest BCUT2D eigenvalue weighted by molar-refractivity contribution is 7.25. The molecule has 244 valence electrons. The van der Waals surface area contributed by atoms with Crippen molar-refractivity contribution >= 4 is 91.6 Å². The van der Waals surface area contributed by atoms with Gasteiger partial charge in [-0.3, -0.25) is 0 Å². The number of nitriles is 1. The molecule has 0 bridgehead atoms. The molecule has 4 nitrogen and oxygen atoms in total. The van der Waals surface area contributed by atoms with Gasteiger partial charge in [-0.1, -0.05) is 103 Å². The molecule has 0 unspecified atom stereocenters. The van der Waals surface area contributed by atoms with Crippen molar-refractivity contribution in [3.8, 4) is 28.6 Å². The lowest BCUT2D eigenvalue weighted by Gasteiger charge is -2.16. The second kappa shape index (κ2) is 11.2. The van der Waals surface area contributed by atoms with Gasteiger partial charge in [-0.05, 0) is 76.5 Å². The highest BCUT2D eigenvalue weighted by atomic mass is 32.1. The van der Waals surface area contributed by atoms with Crippen LogP contribution in [0, 0.1) is 17.9 Å². The quantitative estimate of drug-likeness (QED) is 0.170. The van der Waals surface area contributed by atoms with Crippen molar-refractivity contribution in [2.24, 2.45) is 0 Å². The number of thiophene rings is 1. The van der Waals surface area contributed by atoms with Crippen LogP contribution in [0.4, 0.5) is 5.69 Å². The van der Waals surface area contributed by atoms with Gasteiger partial charge in [0, 0.05) is 41.7 Å². The SMILES string of the molecule is [C-]#[N+]c1cc(-n2c3ccc(-c4ccccc4)cc3c3c4ccccc4ccc32)c(C#N)cc1-n1c2ccccc2c2cc3sc4ccccc4c3cc21. The Hall–Kier alpha value is -7.18. The van der Waals surface area contributed by atoms with Crippen LogP contribution in [0.2, 0.25) is 0 Å². The molecular weight excluding hydrogens is 665 g/mol. The van der Waals surface area contributed by atoms with Crippen LogP contribution in [-0.2, 0) is 0 Å². The summed E-state index contributed by atoms with van der Waals surface area (Å²) in [6.07, 6.45) is 0. The van der Waals surface area contributed by atoms with Crippen molar-refractivity contribution in [3.05, 3.63) is 175 Å². The van der Waals surface area contributed by atoms with Crippen molar-refractivity contribution in [1.82, 2.24) is 9.13 Å². The third-order valence-corrected chi connectivity index (χ3v) is 11.9. The van der Waals surface area contributed by atoms with E-state index in [-0.39, 0.29) is 0 Å². The van der Waals surface area contributed by atoms with Gasteiger partial charge >= 0.3 is 0 Å². The molecule has 53 heavy (non-hydrogen) atoms. The zero-order valence-electron chi connectivity index (χ0n) is 28.2. The molecule has 0 fully saturated rings. The summed E-state index contributed by atoms with van der Waals surface area (Å²) in [7, 11) is 0. The van der Waals surface area contributed by atoms with E-state index in [4.69, 9.17) is 6.57 Å². The van der Waals surface area contributed by atoms with E-state index < -0.39 is 0 Å². The van der Waals surface area contributed by atoms with Gasteiger partial charge in [-0.15, -0.1) is 11.3 Å². The number of hydrogen-bond donors (Lipinski definition) is 0. The fourth-order valence-electron chi connectivity index (χ4n) is 8.42. The van der Waals surface area contributed by atoms with E-state index in [9.17, 15) is 5.26 Å². The lowest BCUT2D eigenvalue weighted by Crippen LogP contribution is -2.01. The molecule has 0 radical (unpaired) electrons. The molecule has 11 aromatic rings. The lowest BCUT2D eigenvalue weighted by atomic mass is 10.0. The second-order valence-electron chi connectivity index (χ2n) is 13.5. The molecule has 0 aliphatic heterocycles. The summed E-state index contributed by atoms with van der Waals surface area (Å²) in [6.45, 7) is 8.55. The largest absolute Gasteiger partial charge is 0.319 e. The highest BCUT2D eigenvalue weighted by Gasteiger charge is 2.22. The van der Waals surface area contributed by atoms with Crippen molar-refractivity contribution in [2.75, 3.05) is 0 Å². The Bertz CT molecular complexity index is 3420. The first-order chi connectivity index (χ1) is 26.2. The van der Waals surface area contributed by atoms with Crippen LogP contribution in [0.15, 0.2) is 158 Å². The van der Waals surface area contributed by atoms with Gasteiger partial charge in [0.1, 0.15) is 6.07 Å². The Balaban J connectivity index is 1.22. The summed E-state index contributed by atoms with van der Waals surface area (Å²) in [5, 5.41) is 20.1. The molecule has 0 amide bonds. The van der Waals surface area contributed by atoms with Crippen molar-refractivity contribution in [3.63, 3.8) is 0 Å². The van der Waals surface area contributed by atoms with E-state index in [2.05, 4.69) is 154 Å². The fraction of sp³-hybridized carbons (Fsp3) is 0. The van der Waals surface area contributed by atoms with Crippen LogP contribution in [0.1, 0.15) is 5.56 Å². The Kier molecular flexibility index (Phi) is 6.22. The number of para-hydroxylation sites is 1. The minimum Gasteiger partial charge on any atom is -0.319 e. The molecule has 0 saturated heterocycles. The third kappa shape index (κ3) is 4.20. The minimum atomic E-state index is 0.480. The number of rotatable bonds is 3. The first-order valence-electron chi connectivity index (χ1n) is 17.5. The van der Waals surface area contributed by atoms with Crippen molar-refractivity contribution in [1.29, 1.82) is 5.26 Å². The molecular formula is C48H26N4S. The molecule has 5 heteroatoms. The molecule has 8 aromatic carbocycles. The predicted octanol–water partition coefficient (Wildman–Crippen LogP) is 13.5. The zero-order valence-corrected chi connectivity index (χ0v) is 29.0.